The molecule has 4 rings (SSSR count). The summed E-state index contributed by atoms with van der Waals surface area (Å²) in [5.41, 5.74) is 2.26. The van der Waals surface area contributed by atoms with E-state index in [1.807, 2.05) is 37.3 Å². The summed E-state index contributed by atoms with van der Waals surface area (Å²) in [6.07, 6.45) is 2.29. The third-order valence-electron chi connectivity index (χ3n) is 4.88. The normalized spacial score (nSPS) is 14.6. The van der Waals surface area contributed by atoms with Gasteiger partial charge in [0, 0.05) is 18.1 Å². The second-order valence-electron chi connectivity index (χ2n) is 7.04. The van der Waals surface area contributed by atoms with E-state index in [-0.39, 0.29) is 16.7 Å². The van der Waals surface area contributed by atoms with Gasteiger partial charge in [-0.15, -0.1) is 0 Å². The third-order valence-corrected chi connectivity index (χ3v) is 5.69. The van der Waals surface area contributed by atoms with Crippen LogP contribution in [-0.4, -0.2) is 27.3 Å². The molecule has 2 amide bonds. The van der Waals surface area contributed by atoms with E-state index >= 15 is 0 Å². The first-order valence-corrected chi connectivity index (χ1v) is 11.0. The topological polar surface area (TPSA) is 90.3 Å². The molecule has 32 heavy (non-hydrogen) atoms. The van der Waals surface area contributed by atoms with Gasteiger partial charge in [0.05, 0.1) is 17.1 Å². The van der Waals surface area contributed by atoms with E-state index in [1.165, 1.54) is 0 Å². The van der Waals surface area contributed by atoms with Crippen LogP contribution in [0.5, 0.6) is 5.75 Å². The van der Waals surface area contributed by atoms with Crippen molar-refractivity contribution in [1.82, 2.24) is 14.9 Å². The van der Waals surface area contributed by atoms with Crippen molar-refractivity contribution in [2.24, 2.45) is 0 Å². The Morgan fingerprint density at radius 3 is 2.47 bits per heavy atom. The van der Waals surface area contributed by atoms with Gasteiger partial charge in [-0.25, -0.2) is 4.98 Å². The summed E-state index contributed by atoms with van der Waals surface area (Å²) in [6.45, 7) is 2.67. The number of nitrogens with zero attached hydrogens (tertiary/aromatic N) is 2. The van der Waals surface area contributed by atoms with Gasteiger partial charge >= 0.3 is 0 Å². The lowest BCUT2D eigenvalue weighted by atomic mass is 10.1. The molecule has 0 radical (unpaired) electrons. The highest BCUT2D eigenvalue weighted by Gasteiger charge is 2.24. The summed E-state index contributed by atoms with van der Waals surface area (Å²) in [4.78, 5) is 40.6. The number of ether oxygens (including phenoxy) is 1. The predicted octanol–water partition coefficient (Wildman–Crippen LogP) is 3.88. The SMILES string of the molecule is CCc1nc(-c2ccccc2)cc(=O)n1CCOc1ccc(/C=C2\SC(=O)NC2=O)cc1. The molecule has 8 heteroatoms. The zero-order chi connectivity index (χ0) is 22.5. The van der Waals surface area contributed by atoms with Gasteiger partial charge in [-0.05, 0) is 35.5 Å². The number of carbonyl (C=O) groups excluding carboxylic acids is 2. The van der Waals surface area contributed by atoms with E-state index in [2.05, 4.69) is 10.3 Å². The molecule has 2 aromatic carbocycles. The quantitative estimate of drug-likeness (QED) is 0.553. The maximum absolute atomic E-state index is 12.7. The molecule has 0 aliphatic carbocycles. The van der Waals surface area contributed by atoms with Gasteiger partial charge in [-0.1, -0.05) is 49.4 Å². The fourth-order valence-electron chi connectivity index (χ4n) is 3.31. The van der Waals surface area contributed by atoms with Crippen molar-refractivity contribution in [3.63, 3.8) is 0 Å². The van der Waals surface area contributed by atoms with Crippen LogP contribution in [0.3, 0.4) is 0 Å². The van der Waals surface area contributed by atoms with E-state index in [9.17, 15) is 14.4 Å². The van der Waals surface area contributed by atoms with Crippen molar-refractivity contribution < 1.29 is 14.3 Å². The Bertz CT molecular complexity index is 1230. The molecule has 0 unspecified atom stereocenters. The molecule has 162 valence electrons. The van der Waals surface area contributed by atoms with E-state index in [4.69, 9.17) is 4.74 Å². The van der Waals surface area contributed by atoms with Crippen LogP contribution in [0.4, 0.5) is 4.79 Å². The molecule has 1 fully saturated rings. The molecule has 1 aliphatic rings. The molecule has 1 aliphatic heterocycles. The second kappa shape index (κ2) is 9.65. The number of hydrogen-bond donors (Lipinski definition) is 1. The average Bonchev–Trinajstić information content (AvgIpc) is 3.12. The van der Waals surface area contributed by atoms with Gasteiger partial charge < -0.3 is 4.74 Å². The molecule has 1 aromatic heterocycles. The Kier molecular flexibility index (Phi) is 6.51. The Morgan fingerprint density at radius 1 is 1.06 bits per heavy atom. The molecule has 2 heterocycles. The highest BCUT2D eigenvalue weighted by atomic mass is 32.2. The van der Waals surface area contributed by atoms with Crippen LogP contribution in [0.1, 0.15) is 18.3 Å². The Hall–Kier alpha value is -3.65. The molecule has 0 bridgehead atoms. The number of benzene rings is 2. The van der Waals surface area contributed by atoms with Gasteiger partial charge in [0.25, 0.3) is 16.7 Å². The Labute approximate surface area is 189 Å². The first-order valence-electron chi connectivity index (χ1n) is 10.2. The third kappa shape index (κ3) is 4.97. The van der Waals surface area contributed by atoms with Gasteiger partial charge in [0.1, 0.15) is 18.2 Å². The van der Waals surface area contributed by atoms with Crippen LogP contribution >= 0.6 is 11.8 Å². The molecule has 1 saturated heterocycles. The first kappa shape index (κ1) is 21.6. The minimum absolute atomic E-state index is 0.108. The maximum Gasteiger partial charge on any atom is 0.290 e. The lowest BCUT2D eigenvalue weighted by Crippen LogP contribution is -2.27. The van der Waals surface area contributed by atoms with Crippen molar-refractivity contribution >= 4 is 29.0 Å². The number of hydrogen-bond acceptors (Lipinski definition) is 6. The van der Waals surface area contributed by atoms with E-state index in [1.54, 1.807) is 41.0 Å². The minimum atomic E-state index is -0.385. The van der Waals surface area contributed by atoms with Crippen LogP contribution in [-0.2, 0) is 17.8 Å². The summed E-state index contributed by atoms with van der Waals surface area (Å²) in [5.74, 6) is 0.972. The Balaban J connectivity index is 1.41. The number of nitrogens with one attached hydrogen (secondary N) is 1. The summed E-state index contributed by atoms with van der Waals surface area (Å²) < 4.78 is 7.43. The van der Waals surface area contributed by atoms with Crippen molar-refractivity contribution in [3.8, 4) is 17.0 Å². The van der Waals surface area contributed by atoms with E-state index in [0.717, 1.165) is 22.9 Å². The maximum atomic E-state index is 12.7. The van der Waals surface area contributed by atoms with E-state index in [0.29, 0.717) is 41.7 Å². The van der Waals surface area contributed by atoms with Crippen LogP contribution in [0, 0.1) is 0 Å². The number of rotatable bonds is 7. The fraction of sp³-hybridized carbons (Fsp3) is 0.167. The largest absolute Gasteiger partial charge is 0.492 e. The van der Waals surface area contributed by atoms with Gasteiger partial charge in [-0.2, -0.15) is 0 Å². The summed E-state index contributed by atoms with van der Waals surface area (Å²) in [5, 5.41) is 1.86. The second-order valence-corrected chi connectivity index (χ2v) is 8.05. The zero-order valence-corrected chi connectivity index (χ0v) is 18.2. The lowest BCUT2D eigenvalue weighted by Gasteiger charge is -2.13. The first-order chi connectivity index (χ1) is 15.5. The Morgan fingerprint density at radius 2 is 1.81 bits per heavy atom. The van der Waals surface area contributed by atoms with Crippen LogP contribution in [0.25, 0.3) is 17.3 Å². The molecular weight excluding hydrogens is 426 g/mol. The molecule has 7 nitrogen and oxygen atoms in total. The molecular formula is C24H21N3O4S. The highest BCUT2D eigenvalue weighted by Crippen LogP contribution is 2.26. The van der Waals surface area contributed by atoms with Crippen molar-refractivity contribution in [2.75, 3.05) is 6.61 Å². The van der Waals surface area contributed by atoms with Crippen molar-refractivity contribution in [1.29, 1.82) is 0 Å². The van der Waals surface area contributed by atoms with E-state index < -0.39 is 0 Å². The van der Waals surface area contributed by atoms with Crippen molar-refractivity contribution in [3.05, 3.63) is 87.3 Å². The highest BCUT2D eigenvalue weighted by molar-refractivity contribution is 8.18. The van der Waals surface area contributed by atoms with Gasteiger partial charge in [0.15, 0.2) is 0 Å². The van der Waals surface area contributed by atoms with Crippen molar-refractivity contribution in [2.45, 2.75) is 19.9 Å². The summed E-state index contributed by atoms with van der Waals surface area (Å²) >= 11 is 0.880. The predicted molar refractivity (Wildman–Crippen MR) is 124 cm³/mol. The molecule has 1 N–H and O–H groups in total. The number of thioether (sulfide) groups is 1. The standard InChI is InChI=1S/C24H21N3O4S/c1-2-21-25-19(17-6-4-3-5-7-17)15-22(28)27(21)12-13-31-18-10-8-16(9-11-18)14-20-23(29)26-24(30)32-20/h3-11,14-15H,2,12-13H2,1H3,(H,26,29,30)/b20-14-. The van der Waals surface area contributed by atoms with Crippen LogP contribution < -0.4 is 15.6 Å². The average molecular weight is 448 g/mol. The lowest BCUT2D eigenvalue weighted by molar-refractivity contribution is -0.115. The molecule has 0 atom stereocenters. The van der Waals surface area contributed by atoms with Crippen LogP contribution in [0.2, 0.25) is 0 Å². The minimum Gasteiger partial charge on any atom is -0.492 e. The summed E-state index contributed by atoms with van der Waals surface area (Å²) in [6, 6.07) is 18.4. The monoisotopic (exact) mass is 447 g/mol. The number of aryl methyl sites for hydroxylation is 1. The number of imide groups is 1. The van der Waals surface area contributed by atoms with Gasteiger partial charge in [-0.3, -0.25) is 24.3 Å². The zero-order valence-electron chi connectivity index (χ0n) is 17.4. The number of carbonyl (C=O) groups is 2. The molecule has 3 aromatic rings. The molecule has 0 spiro atoms. The number of aromatic nitrogens is 2. The van der Waals surface area contributed by atoms with Gasteiger partial charge in [0.2, 0.25) is 0 Å². The van der Waals surface area contributed by atoms with Crippen LogP contribution in [0.15, 0.2) is 70.4 Å². The molecule has 0 saturated carbocycles. The smallest absolute Gasteiger partial charge is 0.290 e. The number of amides is 2. The fourth-order valence-corrected chi connectivity index (χ4v) is 3.99. The summed E-state index contributed by atoms with van der Waals surface area (Å²) in [7, 11) is 0.